The van der Waals surface area contributed by atoms with Gasteiger partial charge in [-0.25, -0.2) is 4.98 Å². The van der Waals surface area contributed by atoms with Crippen molar-refractivity contribution in [1.29, 1.82) is 5.26 Å². The highest BCUT2D eigenvalue weighted by Crippen LogP contribution is 2.19. The van der Waals surface area contributed by atoms with E-state index in [0.717, 1.165) is 5.69 Å². The molecule has 3 nitrogen and oxygen atoms in total. The molecule has 16 heavy (non-hydrogen) atoms. The number of hydrogen-bond acceptors (Lipinski definition) is 3. The molecule has 0 bridgehead atoms. The number of nitriles is 1. The lowest BCUT2D eigenvalue weighted by Crippen LogP contribution is -1.89. The SMILES string of the molecule is Cc1cccc(Oc2ccc(C#N)cc2)n1. The molecule has 0 aliphatic carbocycles. The minimum atomic E-state index is 0.560. The normalized spacial score (nSPS) is 9.50. The van der Waals surface area contributed by atoms with Crippen LogP contribution in [0, 0.1) is 18.3 Å². The van der Waals surface area contributed by atoms with E-state index in [1.54, 1.807) is 30.3 Å². The van der Waals surface area contributed by atoms with E-state index in [-0.39, 0.29) is 0 Å². The summed E-state index contributed by atoms with van der Waals surface area (Å²) in [5.41, 5.74) is 1.52. The first-order chi connectivity index (χ1) is 7.78. The maximum absolute atomic E-state index is 8.65. The van der Waals surface area contributed by atoms with Crippen LogP contribution in [-0.4, -0.2) is 4.98 Å². The Balaban J connectivity index is 2.18. The Kier molecular flexibility index (Phi) is 2.84. The number of pyridine rings is 1. The Morgan fingerprint density at radius 1 is 1.12 bits per heavy atom. The number of aromatic nitrogens is 1. The monoisotopic (exact) mass is 210 g/mol. The smallest absolute Gasteiger partial charge is 0.219 e. The van der Waals surface area contributed by atoms with Crippen LogP contribution >= 0.6 is 0 Å². The maximum Gasteiger partial charge on any atom is 0.219 e. The highest BCUT2D eigenvalue weighted by atomic mass is 16.5. The Bertz CT molecular complexity index is 526. The second kappa shape index (κ2) is 4.45. The number of ether oxygens (including phenoxy) is 1. The lowest BCUT2D eigenvalue weighted by molar-refractivity contribution is 0.461. The van der Waals surface area contributed by atoms with E-state index >= 15 is 0 Å². The zero-order valence-corrected chi connectivity index (χ0v) is 8.84. The number of benzene rings is 1. The van der Waals surface area contributed by atoms with Crippen LogP contribution in [0.2, 0.25) is 0 Å². The minimum Gasteiger partial charge on any atom is -0.439 e. The third kappa shape index (κ3) is 2.37. The molecule has 0 aliphatic rings. The summed E-state index contributed by atoms with van der Waals surface area (Å²) in [6, 6.07) is 14.6. The van der Waals surface area contributed by atoms with Crippen LogP contribution < -0.4 is 4.74 Å². The van der Waals surface area contributed by atoms with Crippen molar-refractivity contribution in [3.63, 3.8) is 0 Å². The largest absolute Gasteiger partial charge is 0.439 e. The molecule has 2 aromatic rings. The van der Waals surface area contributed by atoms with Gasteiger partial charge in [-0.1, -0.05) is 6.07 Å². The summed E-state index contributed by atoms with van der Waals surface area (Å²) in [6.45, 7) is 1.91. The number of rotatable bonds is 2. The van der Waals surface area contributed by atoms with Crippen LogP contribution in [0.25, 0.3) is 0 Å². The van der Waals surface area contributed by atoms with Gasteiger partial charge in [0.2, 0.25) is 5.88 Å². The van der Waals surface area contributed by atoms with E-state index < -0.39 is 0 Å². The van der Waals surface area contributed by atoms with Crippen LogP contribution in [0.1, 0.15) is 11.3 Å². The van der Waals surface area contributed by atoms with Gasteiger partial charge in [-0.2, -0.15) is 5.26 Å². The number of aryl methyl sites for hydroxylation is 1. The van der Waals surface area contributed by atoms with Crippen molar-refractivity contribution in [3.05, 3.63) is 53.7 Å². The maximum atomic E-state index is 8.65. The van der Waals surface area contributed by atoms with Crippen LogP contribution in [0.4, 0.5) is 0 Å². The van der Waals surface area contributed by atoms with Crippen molar-refractivity contribution in [2.75, 3.05) is 0 Å². The fourth-order valence-corrected chi connectivity index (χ4v) is 1.29. The van der Waals surface area contributed by atoms with Crippen molar-refractivity contribution in [1.82, 2.24) is 4.98 Å². The van der Waals surface area contributed by atoms with Gasteiger partial charge in [0.05, 0.1) is 11.6 Å². The van der Waals surface area contributed by atoms with Crippen LogP contribution in [0.5, 0.6) is 11.6 Å². The van der Waals surface area contributed by atoms with Crippen LogP contribution in [0.3, 0.4) is 0 Å². The summed E-state index contributed by atoms with van der Waals surface area (Å²) in [4.78, 5) is 4.22. The summed E-state index contributed by atoms with van der Waals surface area (Å²) in [5.74, 6) is 1.24. The fraction of sp³-hybridized carbons (Fsp3) is 0.0769. The Hall–Kier alpha value is -2.34. The van der Waals surface area contributed by atoms with Gasteiger partial charge in [-0.05, 0) is 37.3 Å². The summed E-state index contributed by atoms with van der Waals surface area (Å²) >= 11 is 0. The number of nitrogens with zero attached hydrogens (tertiary/aromatic N) is 2. The average molecular weight is 210 g/mol. The summed E-state index contributed by atoms with van der Waals surface area (Å²) in [6.07, 6.45) is 0. The first-order valence-electron chi connectivity index (χ1n) is 4.89. The second-order valence-corrected chi connectivity index (χ2v) is 3.36. The molecule has 2 rings (SSSR count). The van der Waals surface area contributed by atoms with Gasteiger partial charge in [-0.3, -0.25) is 0 Å². The summed E-state index contributed by atoms with van der Waals surface area (Å²) in [5, 5.41) is 8.65. The molecule has 0 N–H and O–H groups in total. The van der Waals surface area contributed by atoms with Gasteiger partial charge < -0.3 is 4.74 Å². The molecule has 0 saturated heterocycles. The highest BCUT2D eigenvalue weighted by molar-refractivity contribution is 5.36. The van der Waals surface area contributed by atoms with Crippen molar-refractivity contribution < 1.29 is 4.74 Å². The predicted molar refractivity (Wildman–Crippen MR) is 60.2 cm³/mol. The molecule has 1 aromatic carbocycles. The lowest BCUT2D eigenvalue weighted by atomic mass is 10.2. The minimum absolute atomic E-state index is 0.560. The number of hydrogen-bond donors (Lipinski definition) is 0. The van der Waals surface area contributed by atoms with Crippen molar-refractivity contribution in [2.45, 2.75) is 6.92 Å². The third-order valence-corrected chi connectivity index (χ3v) is 2.07. The van der Waals surface area contributed by atoms with E-state index in [0.29, 0.717) is 17.2 Å². The van der Waals surface area contributed by atoms with Gasteiger partial charge in [0.25, 0.3) is 0 Å². The zero-order valence-electron chi connectivity index (χ0n) is 8.84. The first-order valence-corrected chi connectivity index (χ1v) is 4.89. The molecule has 0 saturated carbocycles. The van der Waals surface area contributed by atoms with E-state index in [9.17, 15) is 0 Å². The molecular formula is C13H10N2O. The Labute approximate surface area is 93.9 Å². The van der Waals surface area contributed by atoms with E-state index in [4.69, 9.17) is 10.00 Å². The first kappa shape index (κ1) is 10.2. The van der Waals surface area contributed by atoms with Crippen molar-refractivity contribution in [3.8, 4) is 17.7 Å². The Morgan fingerprint density at radius 3 is 2.50 bits per heavy atom. The molecule has 78 valence electrons. The lowest BCUT2D eigenvalue weighted by Gasteiger charge is -2.04. The molecule has 0 unspecified atom stereocenters. The van der Waals surface area contributed by atoms with Crippen LogP contribution in [0.15, 0.2) is 42.5 Å². The van der Waals surface area contributed by atoms with Crippen molar-refractivity contribution in [2.24, 2.45) is 0 Å². The van der Waals surface area contributed by atoms with Gasteiger partial charge >= 0.3 is 0 Å². The highest BCUT2D eigenvalue weighted by Gasteiger charge is 1.98. The molecule has 0 amide bonds. The van der Waals surface area contributed by atoms with Crippen LogP contribution in [-0.2, 0) is 0 Å². The fourth-order valence-electron chi connectivity index (χ4n) is 1.29. The topological polar surface area (TPSA) is 45.9 Å². The molecule has 1 heterocycles. The van der Waals surface area contributed by atoms with Gasteiger partial charge in [0.15, 0.2) is 0 Å². The third-order valence-electron chi connectivity index (χ3n) is 2.07. The molecular weight excluding hydrogens is 200 g/mol. The molecule has 0 spiro atoms. The molecule has 0 aliphatic heterocycles. The van der Waals surface area contributed by atoms with Gasteiger partial charge in [-0.15, -0.1) is 0 Å². The standard InChI is InChI=1S/C13H10N2O/c1-10-3-2-4-13(15-10)16-12-7-5-11(9-14)6-8-12/h2-8H,1H3. The quantitative estimate of drug-likeness (QED) is 0.765. The molecule has 0 atom stereocenters. The van der Waals surface area contributed by atoms with Gasteiger partial charge in [0, 0.05) is 11.8 Å². The molecule has 1 aromatic heterocycles. The Morgan fingerprint density at radius 2 is 1.88 bits per heavy atom. The molecule has 0 radical (unpaired) electrons. The van der Waals surface area contributed by atoms with Crippen molar-refractivity contribution >= 4 is 0 Å². The molecule has 0 fully saturated rings. The van der Waals surface area contributed by atoms with E-state index in [1.807, 2.05) is 19.1 Å². The summed E-state index contributed by atoms with van der Waals surface area (Å²) < 4.78 is 5.54. The zero-order chi connectivity index (χ0) is 11.4. The molecule has 3 heteroatoms. The van der Waals surface area contributed by atoms with Gasteiger partial charge in [0.1, 0.15) is 5.75 Å². The average Bonchev–Trinajstić information content (AvgIpc) is 2.30. The van der Waals surface area contributed by atoms with E-state index in [1.165, 1.54) is 0 Å². The van der Waals surface area contributed by atoms with E-state index in [2.05, 4.69) is 11.1 Å². The predicted octanol–water partition coefficient (Wildman–Crippen LogP) is 3.05. The summed E-state index contributed by atoms with van der Waals surface area (Å²) in [7, 11) is 0. The second-order valence-electron chi connectivity index (χ2n) is 3.36.